The fourth-order valence-electron chi connectivity index (χ4n) is 3.66. The SMILES string of the molecule is CN1CCC(Cc2nc3c(c(=O)[nH]2)Cc2ccccc2OC3)CC1. The van der Waals surface area contributed by atoms with E-state index in [0.717, 1.165) is 47.9 Å². The van der Waals surface area contributed by atoms with Gasteiger partial charge < -0.3 is 14.6 Å². The van der Waals surface area contributed by atoms with Gasteiger partial charge in [-0.05, 0) is 50.5 Å². The summed E-state index contributed by atoms with van der Waals surface area (Å²) in [4.78, 5) is 22.7. The van der Waals surface area contributed by atoms with Gasteiger partial charge in [0.2, 0.25) is 0 Å². The third-order valence-electron chi connectivity index (χ3n) is 5.17. The number of nitrogens with zero attached hydrogens (tertiary/aromatic N) is 2. The molecular weight excluding hydrogens is 302 g/mol. The molecule has 4 rings (SSSR count). The molecule has 3 heterocycles. The lowest BCUT2D eigenvalue weighted by Crippen LogP contribution is -2.31. The molecule has 2 aliphatic heterocycles. The summed E-state index contributed by atoms with van der Waals surface area (Å²) >= 11 is 0. The number of para-hydroxylation sites is 1. The van der Waals surface area contributed by atoms with Crippen molar-refractivity contribution in [1.29, 1.82) is 0 Å². The van der Waals surface area contributed by atoms with Crippen molar-refractivity contribution in [2.45, 2.75) is 32.3 Å². The number of piperidine rings is 1. The second kappa shape index (κ2) is 6.40. The van der Waals surface area contributed by atoms with Crippen LogP contribution in [0, 0.1) is 5.92 Å². The smallest absolute Gasteiger partial charge is 0.254 e. The van der Waals surface area contributed by atoms with Gasteiger partial charge in [0.25, 0.3) is 5.56 Å². The van der Waals surface area contributed by atoms with Crippen LogP contribution in [0.3, 0.4) is 0 Å². The molecule has 1 aromatic carbocycles. The molecule has 0 atom stereocenters. The number of ether oxygens (including phenoxy) is 1. The molecule has 1 N–H and O–H groups in total. The number of aromatic amines is 1. The number of benzene rings is 1. The number of hydrogen-bond acceptors (Lipinski definition) is 4. The van der Waals surface area contributed by atoms with Crippen molar-refractivity contribution in [2.75, 3.05) is 20.1 Å². The molecule has 1 aromatic heterocycles. The van der Waals surface area contributed by atoms with Crippen LogP contribution in [0.2, 0.25) is 0 Å². The van der Waals surface area contributed by atoms with Crippen molar-refractivity contribution < 1.29 is 4.74 Å². The molecule has 0 amide bonds. The molecule has 2 aliphatic rings. The zero-order valence-electron chi connectivity index (χ0n) is 14.0. The molecule has 0 bridgehead atoms. The Bertz CT molecular complexity index is 791. The fraction of sp³-hybridized carbons (Fsp3) is 0.474. The van der Waals surface area contributed by atoms with Crippen LogP contribution in [0.5, 0.6) is 5.75 Å². The van der Waals surface area contributed by atoms with Crippen LogP contribution >= 0.6 is 0 Å². The van der Waals surface area contributed by atoms with E-state index in [1.807, 2.05) is 24.3 Å². The maximum absolute atomic E-state index is 12.6. The van der Waals surface area contributed by atoms with E-state index >= 15 is 0 Å². The zero-order valence-corrected chi connectivity index (χ0v) is 14.0. The third-order valence-corrected chi connectivity index (χ3v) is 5.17. The Morgan fingerprint density at radius 3 is 2.92 bits per heavy atom. The maximum Gasteiger partial charge on any atom is 0.254 e. The lowest BCUT2D eigenvalue weighted by molar-refractivity contribution is 0.217. The van der Waals surface area contributed by atoms with E-state index in [1.165, 1.54) is 12.8 Å². The molecule has 1 fully saturated rings. The molecule has 0 aliphatic carbocycles. The number of aromatic nitrogens is 2. The number of hydrogen-bond donors (Lipinski definition) is 1. The van der Waals surface area contributed by atoms with Crippen LogP contribution in [0.1, 0.15) is 35.5 Å². The lowest BCUT2D eigenvalue weighted by atomic mass is 9.93. The molecule has 0 spiro atoms. The minimum atomic E-state index is -0.0109. The van der Waals surface area contributed by atoms with E-state index in [1.54, 1.807) is 0 Å². The number of fused-ring (bicyclic) bond motifs is 2. The third kappa shape index (κ3) is 3.08. The summed E-state index contributed by atoms with van der Waals surface area (Å²) in [5.74, 6) is 2.26. The van der Waals surface area contributed by atoms with Crippen LogP contribution in [-0.4, -0.2) is 35.0 Å². The van der Waals surface area contributed by atoms with Gasteiger partial charge in [-0.15, -0.1) is 0 Å². The molecule has 5 nitrogen and oxygen atoms in total. The molecule has 2 aromatic rings. The summed E-state index contributed by atoms with van der Waals surface area (Å²) < 4.78 is 5.87. The van der Waals surface area contributed by atoms with Crippen molar-refractivity contribution >= 4 is 0 Å². The summed E-state index contributed by atoms with van der Waals surface area (Å²) in [5.41, 5.74) is 2.57. The molecule has 1 saturated heterocycles. The van der Waals surface area contributed by atoms with Crippen molar-refractivity contribution in [2.24, 2.45) is 5.92 Å². The minimum Gasteiger partial charge on any atom is -0.487 e. The van der Waals surface area contributed by atoms with E-state index in [-0.39, 0.29) is 5.56 Å². The molecular formula is C19H23N3O2. The van der Waals surface area contributed by atoms with Gasteiger partial charge in [-0.1, -0.05) is 18.2 Å². The predicted octanol–water partition coefficient (Wildman–Crippen LogP) is 2.14. The van der Waals surface area contributed by atoms with Crippen LogP contribution < -0.4 is 10.3 Å². The van der Waals surface area contributed by atoms with Crippen LogP contribution in [0.25, 0.3) is 0 Å². The minimum absolute atomic E-state index is 0.0109. The second-order valence-electron chi connectivity index (χ2n) is 6.96. The van der Waals surface area contributed by atoms with Crippen molar-refractivity contribution in [3.05, 3.63) is 57.3 Å². The first-order valence-corrected chi connectivity index (χ1v) is 8.69. The van der Waals surface area contributed by atoms with Gasteiger partial charge in [-0.2, -0.15) is 0 Å². The Kier molecular flexibility index (Phi) is 4.10. The summed E-state index contributed by atoms with van der Waals surface area (Å²) in [6.07, 6.45) is 3.77. The number of rotatable bonds is 2. The van der Waals surface area contributed by atoms with Crippen molar-refractivity contribution in [1.82, 2.24) is 14.9 Å². The first-order valence-electron chi connectivity index (χ1n) is 8.69. The van der Waals surface area contributed by atoms with Gasteiger partial charge in [0, 0.05) is 18.4 Å². The highest BCUT2D eigenvalue weighted by atomic mass is 16.5. The Balaban J connectivity index is 1.58. The van der Waals surface area contributed by atoms with E-state index in [0.29, 0.717) is 18.9 Å². The van der Waals surface area contributed by atoms with E-state index in [9.17, 15) is 4.79 Å². The van der Waals surface area contributed by atoms with Gasteiger partial charge >= 0.3 is 0 Å². The molecule has 24 heavy (non-hydrogen) atoms. The Morgan fingerprint density at radius 1 is 1.29 bits per heavy atom. The van der Waals surface area contributed by atoms with Gasteiger partial charge in [-0.25, -0.2) is 4.98 Å². The Labute approximate surface area is 141 Å². The Hall–Kier alpha value is -2.14. The summed E-state index contributed by atoms with van der Waals surface area (Å²) in [7, 11) is 2.16. The van der Waals surface area contributed by atoms with Crippen molar-refractivity contribution in [3.63, 3.8) is 0 Å². The number of likely N-dealkylation sites (tertiary alicyclic amines) is 1. The highest BCUT2D eigenvalue weighted by Crippen LogP contribution is 2.26. The van der Waals surface area contributed by atoms with Crippen LogP contribution in [0.15, 0.2) is 29.1 Å². The topological polar surface area (TPSA) is 58.2 Å². The van der Waals surface area contributed by atoms with Crippen LogP contribution in [0.4, 0.5) is 0 Å². The second-order valence-corrected chi connectivity index (χ2v) is 6.96. The largest absolute Gasteiger partial charge is 0.487 e. The molecule has 0 saturated carbocycles. The number of nitrogens with one attached hydrogen (secondary N) is 1. The zero-order chi connectivity index (χ0) is 16.5. The van der Waals surface area contributed by atoms with Gasteiger partial charge in [0.15, 0.2) is 0 Å². The van der Waals surface area contributed by atoms with E-state index < -0.39 is 0 Å². The van der Waals surface area contributed by atoms with Gasteiger partial charge in [0.05, 0.1) is 5.69 Å². The average molecular weight is 325 g/mol. The standard InChI is InChI=1S/C19H23N3O2/c1-22-8-6-13(7-9-22)10-18-20-16-12-24-17-5-3-2-4-14(17)11-15(16)19(23)21-18/h2-5,13H,6-12H2,1H3,(H,20,21,23). The summed E-state index contributed by atoms with van der Waals surface area (Å²) in [6.45, 7) is 2.62. The quantitative estimate of drug-likeness (QED) is 0.919. The summed E-state index contributed by atoms with van der Waals surface area (Å²) in [5, 5.41) is 0. The first kappa shape index (κ1) is 15.4. The van der Waals surface area contributed by atoms with Gasteiger partial charge in [-0.3, -0.25) is 4.79 Å². The first-order chi connectivity index (χ1) is 11.7. The highest BCUT2D eigenvalue weighted by Gasteiger charge is 2.21. The molecule has 0 unspecified atom stereocenters. The fourth-order valence-corrected chi connectivity index (χ4v) is 3.66. The normalized spacial score (nSPS) is 18.4. The van der Waals surface area contributed by atoms with Crippen LogP contribution in [-0.2, 0) is 19.4 Å². The van der Waals surface area contributed by atoms with Gasteiger partial charge in [0.1, 0.15) is 18.2 Å². The van der Waals surface area contributed by atoms with Crippen molar-refractivity contribution in [3.8, 4) is 5.75 Å². The van der Waals surface area contributed by atoms with E-state index in [2.05, 4.69) is 16.9 Å². The number of H-pyrrole nitrogens is 1. The monoisotopic (exact) mass is 325 g/mol. The maximum atomic E-state index is 12.6. The molecule has 0 radical (unpaired) electrons. The lowest BCUT2D eigenvalue weighted by Gasteiger charge is -2.28. The Morgan fingerprint density at radius 2 is 2.08 bits per heavy atom. The average Bonchev–Trinajstić information content (AvgIpc) is 2.77. The predicted molar refractivity (Wildman–Crippen MR) is 92.4 cm³/mol. The highest BCUT2D eigenvalue weighted by molar-refractivity contribution is 5.40. The molecule has 126 valence electrons. The summed E-state index contributed by atoms with van der Waals surface area (Å²) in [6, 6.07) is 7.90. The molecule has 5 heteroatoms. The van der Waals surface area contributed by atoms with E-state index in [4.69, 9.17) is 9.72 Å².